The van der Waals surface area contributed by atoms with Crippen LogP contribution < -0.4 is 14.4 Å². The Morgan fingerprint density at radius 2 is 1.91 bits per heavy atom. The fourth-order valence-electron chi connectivity index (χ4n) is 3.13. The van der Waals surface area contributed by atoms with Gasteiger partial charge >= 0.3 is 6.36 Å². The number of carbonyl (C=O) groups is 1. The van der Waals surface area contributed by atoms with Gasteiger partial charge in [0.2, 0.25) is 0 Å². The van der Waals surface area contributed by atoms with Crippen LogP contribution in [0.25, 0.3) is 0 Å². The van der Waals surface area contributed by atoms with Crippen LogP contribution in [0, 0.1) is 6.92 Å². The third kappa shape index (κ3) is 7.49. The van der Waals surface area contributed by atoms with Crippen molar-refractivity contribution in [1.82, 2.24) is 9.71 Å². The number of amides is 1. The highest BCUT2D eigenvalue weighted by atomic mass is 35.5. The number of nitrogens with zero attached hydrogens (tertiary/aromatic N) is 2. The van der Waals surface area contributed by atoms with Crippen molar-refractivity contribution >= 4 is 34.5 Å². The first kappa shape index (κ1) is 25.6. The summed E-state index contributed by atoms with van der Waals surface area (Å²) in [6, 6.07) is 12.9. The Morgan fingerprint density at radius 1 is 1.21 bits per heavy atom. The fourth-order valence-corrected chi connectivity index (χ4v) is 3.61. The van der Waals surface area contributed by atoms with E-state index in [9.17, 15) is 22.2 Å². The molecule has 0 aliphatic rings. The van der Waals surface area contributed by atoms with Crippen molar-refractivity contribution in [3.63, 3.8) is 0 Å². The summed E-state index contributed by atoms with van der Waals surface area (Å²) in [5.41, 5.74) is 1.44. The topological polar surface area (TPSA) is 84.7 Å². The Bertz CT molecular complexity index is 1170. The third-order valence-electron chi connectivity index (χ3n) is 4.60. The number of oxazole rings is 1. The van der Waals surface area contributed by atoms with Crippen LogP contribution in [0.3, 0.4) is 0 Å². The van der Waals surface area contributed by atoms with Crippen molar-refractivity contribution in [2.24, 2.45) is 0 Å². The smallest absolute Gasteiger partial charge is 0.428 e. The zero-order chi connectivity index (χ0) is 24.9. The lowest BCUT2D eigenvalue weighted by atomic mass is 10.1. The number of halogens is 4. The Kier molecular flexibility index (Phi) is 8.21. The normalized spacial score (nSPS) is 12.3. The molecule has 7 nitrogen and oxygen atoms in total. The number of hydrogen-bond acceptors (Lipinski definition) is 6. The van der Waals surface area contributed by atoms with Crippen molar-refractivity contribution in [1.29, 1.82) is 0 Å². The maximum absolute atomic E-state index is 12.6. The number of aromatic nitrogens is 1. The van der Waals surface area contributed by atoms with Crippen LogP contribution in [0.1, 0.15) is 27.4 Å². The summed E-state index contributed by atoms with van der Waals surface area (Å²) in [6.07, 6.45) is -2.96. The van der Waals surface area contributed by atoms with E-state index in [2.05, 4.69) is 14.4 Å². The summed E-state index contributed by atoms with van der Waals surface area (Å²) in [6.45, 7) is 2.04. The molecule has 0 saturated carbocycles. The molecule has 3 aromatic rings. The van der Waals surface area contributed by atoms with Gasteiger partial charge in [0.25, 0.3) is 11.9 Å². The van der Waals surface area contributed by atoms with Gasteiger partial charge in [-0.05, 0) is 48.7 Å². The van der Waals surface area contributed by atoms with E-state index >= 15 is 0 Å². The SMILES string of the molecule is Cc1oc(N(CCc2ccc(Cl)cc2)Cc2cccc(OC(F)(F)F)c2)nc1C(=O)NS(C)=O. The molecular weight excluding hydrogens is 495 g/mol. The number of anilines is 1. The van der Waals surface area contributed by atoms with Gasteiger partial charge in [0.1, 0.15) is 22.5 Å². The van der Waals surface area contributed by atoms with Crippen LogP contribution in [-0.2, 0) is 24.0 Å². The number of hydrogen-bond donors (Lipinski definition) is 1. The van der Waals surface area contributed by atoms with Gasteiger partial charge in [-0.15, -0.1) is 13.2 Å². The van der Waals surface area contributed by atoms with Crippen LogP contribution in [-0.4, -0.2) is 34.3 Å². The molecule has 0 fully saturated rings. The van der Waals surface area contributed by atoms with E-state index < -0.39 is 23.3 Å². The average Bonchev–Trinajstić information content (AvgIpc) is 3.12. The number of ether oxygens (including phenoxy) is 1. The highest BCUT2D eigenvalue weighted by Gasteiger charge is 2.31. The largest absolute Gasteiger partial charge is 0.573 e. The van der Waals surface area contributed by atoms with Gasteiger partial charge in [-0.2, -0.15) is 4.98 Å². The van der Waals surface area contributed by atoms with Gasteiger partial charge in [0.05, 0.1) is 0 Å². The van der Waals surface area contributed by atoms with Gasteiger partial charge < -0.3 is 14.1 Å². The van der Waals surface area contributed by atoms with Crippen molar-refractivity contribution in [3.8, 4) is 5.75 Å². The van der Waals surface area contributed by atoms with Gasteiger partial charge in [0, 0.05) is 24.4 Å². The molecule has 0 spiro atoms. The monoisotopic (exact) mass is 515 g/mol. The summed E-state index contributed by atoms with van der Waals surface area (Å²) in [7, 11) is -1.59. The second kappa shape index (κ2) is 10.9. The third-order valence-corrected chi connectivity index (χ3v) is 5.32. The molecule has 182 valence electrons. The standard InChI is InChI=1S/C22H21ClF3N3O4S/c1-14-19(20(30)28-34(2)31)27-21(32-14)29(11-10-15-6-8-17(23)9-7-15)13-16-4-3-5-18(12-16)33-22(24,25)26/h3-9,12H,10-11,13H2,1-2H3,(H,28,30). The zero-order valence-electron chi connectivity index (χ0n) is 18.2. The lowest BCUT2D eigenvalue weighted by Gasteiger charge is -2.21. The molecule has 1 heterocycles. The second-order valence-electron chi connectivity index (χ2n) is 7.28. The molecule has 3 rings (SSSR count). The molecule has 1 atom stereocenters. The van der Waals surface area contributed by atoms with E-state index in [1.807, 2.05) is 12.1 Å². The number of nitrogens with one attached hydrogen (secondary N) is 1. The molecule has 12 heteroatoms. The second-order valence-corrected chi connectivity index (χ2v) is 8.83. The number of aryl methyl sites for hydroxylation is 1. The minimum atomic E-state index is -4.81. The minimum Gasteiger partial charge on any atom is -0.428 e. The van der Waals surface area contributed by atoms with E-state index in [1.54, 1.807) is 30.0 Å². The quantitative estimate of drug-likeness (QED) is 0.440. The predicted molar refractivity (Wildman–Crippen MR) is 122 cm³/mol. The van der Waals surface area contributed by atoms with Gasteiger partial charge in [-0.1, -0.05) is 35.9 Å². The maximum Gasteiger partial charge on any atom is 0.573 e. The molecule has 1 N–H and O–H groups in total. The first-order valence-corrected chi connectivity index (χ1v) is 11.9. The summed E-state index contributed by atoms with van der Waals surface area (Å²) in [5.74, 6) is -0.799. The molecule has 0 saturated heterocycles. The van der Waals surface area contributed by atoms with Crippen molar-refractivity contribution in [2.75, 3.05) is 17.7 Å². The number of benzene rings is 2. The Morgan fingerprint density at radius 3 is 2.56 bits per heavy atom. The van der Waals surface area contributed by atoms with Gasteiger partial charge in [-0.3, -0.25) is 9.52 Å². The minimum absolute atomic E-state index is 0.0316. The van der Waals surface area contributed by atoms with Crippen LogP contribution in [0.4, 0.5) is 19.2 Å². The Labute approximate surface area is 201 Å². The van der Waals surface area contributed by atoms with Crippen LogP contribution >= 0.6 is 11.6 Å². The van der Waals surface area contributed by atoms with Crippen LogP contribution in [0.2, 0.25) is 5.02 Å². The molecule has 1 unspecified atom stereocenters. The first-order chi connectivity index (χ1) is 16.0. The van der Waals surface area contributed by atoms with E-state index in [0.29, 0.717) is 23.6 Å². The van der Waals surface area contributed by atoms with Crippen molar-refractivity contribution in [3.05, 3.63) is 76.1 Å². The summed E-state index contributed by atoms with van der Waals surface area (Å²) in [4.78, 5) is 18.2. The highest BCUT2D eigenvalue weighted by Crippen LogP contribution is 2.26. The van der Waals surface area contributed by atoms with Crippen molar-refractivity contribution in [2.45, 2.75) is 26.3 Å². The number of rotatable bonds is 9. The summed E-state index contributed by atoms with van der Waals surface area (Å²) < 4.78 is 61.2. The Hall–Kier alpha value is -3.05. The molecule has 0 aliphatic heterocycles. The lowest BCUT2D eigenvalue weighted by molar-refractivity contribution is -0.274. The van der Waals surface area contributed by atoms with Crippen LogP contribution in [0.5, 0.6) is 5.75 Å². The average molecular weight is 516 g/mol. The molecule has 0 bridgehead atoms. The van der Waals surface area contributed by atoms with Gasteiger partial charge in [0.15, 0.2) is 5.69 Å². The van der Waals surface area contributed by atoms with Crippen molar-refractivity contribution < 1.29 is 31.3 Å². The highest BCUT2D eigenvalue weighted by molar-refractivity contribution is 7.82. The van der Waals surface area contributed by atoms with E-state index in [4.69, 9.17) is 16.0 Å². The summed E-state index contributed by atoms with van der Waals surface area (Å²) in [5, 5.41) is 0.592. The van der Waals surface area contributed by atoms with Crippen LogP contribution in [0.15, 0.2) is 52.9 Å². The van der Waals surface area contributed by atoms with E-state index in [-0.39, 0.29) is 29.8 Å². The molecule has 2 aromatic carbocycles. The number of alkyl halides is 3. The van der Waals surface area contributed by atoms with Gasteiger partial charge in [-0.25, -0.2) is 4.21 Å². The first-order valence-electron chi connectivity index (χ1n) is 9.96. The molecular formula is C22H21ClF3N3O4S. The Balaban J connectivity index is 1.87. The predicted octanol–water partition coefficient (Wildman–Crippen LogP) is 4.81. The molecule has 34 heavy (non-hydrogen) atoms. The maximum atomic E-state index is 12.6. The molecule has 1 aromatic heterocycles. The zero-order valence-corrected chi connectivity index (χ0v) is 19.8. The fraction of sp³-hybridized carbons (Fsp3) is 0.273. The summed E-state index contributed by atoms with van der Waals surface area (Å²) >= 11 is 5.94. The molecule has 0 radical (unpaired) electrons. The number of carbonyl (C=O) groups excluding carboxylic acids is 1. The lowest BCUT2D eigenvalue weighted by Crippen LogP contribution is -2.27. The molecule has 1 amide bonds. The van der Waals surface area contributed by atoms with E-state index in [1.165, 1.54) is 24.5 Å². The van der Waals surface area contributed by atoms with E-state index in [0.717, 1.165) is 5.56 Å². The molecule has 0 aliphatic carbocycles.